The molecule has 2 fully saturated rings. The van der Waals surface area contributed by atoms with E-state index < -0.39 is 0 Å². The van der Waals surface area contributed by atoms with Crippen molar-refractivity contribution in [3.63, 3.8) is 0 Å². The fourth-order valence-electron chi connectivity index (χ4n) is 3.89. The Morgan fingerprint density at radius 1 is 1.18 bits per heavy atom. The summed E-state index contributed by atoms with van der Waals surface area (Å²) in [6.07, 6.45) is 7.26. The van der Waals surface area contributed by atoms with Crippen LogP contribution < -0.4 is 5.32 Å². The van der Waals surface area contributed by atoms with Crippen LogP contribution in [-0.2, 0) is 13.0 Å². The second kappa shape index (κ2) is 9.28. The molecule has 152 valence electrons. The summed E-state index contributed by atoms with van der Waals surface area (Å²) in [5.41, 5.74) is 1.14. The van der Waals surface area contributed by atoms with Gasteiger partial charge in [0.15, 0.2) is 0 Å². The molecule has 0 bridgehead atoms. The normalized spacial score (nSPS) is 19.1. The molecule has 0 spiro atoms. The molecule has 0 radical (unpaired) electrons. The summed E-state index contributed by atoms with van der Waals surface area (Å²) in [6, 6.07) is -0.0621. The summed E-state index contributed by atoms with van der Waals surface area (Å²) >= 11 is 3.27. The molecule has 2 aliphatic rings. The highest BCUT2D eigenvalue weighted by Crippen LogP contribution is 2.35. The standard InChI is InChI=1S/C19H28N6OS2/c1-2-16-20-15(13-27-16)12-24-8-10-25(11-9-24)19(26)21-18-23-22-17(28-18)14-6-4-3-5-7-14/h13-14H,2-12H2,1H3,(H,21,23,26). The third-order valence-corrected chi connectivity index (χ3v) is 7.60. The molecule has 2 aromatic heterocycles. The van der Waals surface area contributed by atoms with E-state index in [0.717, 1.165) is 49.8 Å². The SMILES string of the molecule is CCc1nc(CN2CCN(C(=O)Nc3nnc(C4CCCCC4)s3)CC2)cs1. The number of thiazole rings is 1. The summed E-state index contributed by atoms with van der Waals surface area (Å²) in [6.45, 7) is 6.20. The van der Waals surface area contributed by atoms with Crippen molar-refractivity contribution in [2.75, 3.05) is 31.5 Å². The van der Waals surface area contributed by atoms with Gasteiger partial charge in [0.25, 0.3) is 0 Å². The first-order valence-electron chi connectivity index (χ1n) is 10.3. The van der Waals surface area contributed by atoms with Crippen molar-refractivity contribution in [3.8, 4) is 0 Å². The van der Waals surface area contributed by atoms with Gasteiger partial charge in [0.2, 0.25) is 5.13 Å². The fraction of sp³-hybridized carbons (Fsp3) is 0.684. The number of carbonyl (C=O) groups is 1. The number of piperazine rings is 1. The van der Waals surface area contributed by atoms with Gasteiger partial charge in [-0.2, -0.15) is 0 Å². The van der Waals surface area contributed by atoms with Gasteiger partial charge in [0.1, 0.15) is 5.01 Å². The summed E-state index contributed by atoms with van der Waals surface area (Å²) in [7, 11) is 0. The van der Waals surface area contributed by atoms with Gasteiger partial charge in [0.05, 0.1) is 10.7 Å². The van der Waals surface area contributed by atoms with Crippen molar-refractivity contribution >= 4 is 33.8 Å². The number of urea groups is 1. The van der Waals surface area contributed by atoms with Crippen LogP contribution in [0.5, 0.6) is 0 Å². The van der Waals surface area contributed by atoms with Crippen LogP contribution in [0.1, 0.15) is 60.7 Å². The second-order valence-electron chi connectivity index (χ2n) is 7.56. The van der Waals surface area contributed by atoms with Crippen LogP contribution in [-0.4, -0.2) is 57.2 Å². The largest absolute Gasteiger partial charge is 0.323 e. The molecule has 3 heterocycles. The van der Waals surface area contributed by atoms with E-state index in [1.807, 2.05) is 4.90 Å². The molecule has 0 atom stereocenters. The topological polar surface area (TPSA) is 74.2 Å². The molecule has 28 heavy (non-hydrogen) atoms. The van der Waals surface area contributed by atoms with Crippen molar-refractivity contribution in [1.82, 2.24) is 25.0 Å². The molecule has 2 amide bonds. The Kier molecular flexibility index (Phi) is 6.54. The molecule has 9 heteroatoms. The maximum absolute atomic E-state index is 12.6. The minimum Gasteiger partial charge on any atom is -0.322 e. The molecule has 1 aliphatic heterocycles. The maximum Gasteiger partial charge on any atom is 0.323 e. The number of rotatable bonds is 5. The molecule has 2 aromatic rings. The van der Waals surface area contributed by atoms with E-state index >= 15 is 0 Å². The number of anilines is 1. The first-order valence-corrected chi connectivity index (χ1v) is 12.0. The number of carbonyl (C=O) groups excluding carboxylic acids is 1. The lowest BCUT2D eigenvalue weighted by atomic mass is 9.90. The monoisotopic (exact) mass is 420 g/mol. The van der Waals surface area contributed by atoms with Crippen LogP contribution in [0.3, 0.4) is 0 Å². The molecular weight excluding hydrogens is 392 g/mol. The van der Waals surface area contributed by atoms with Gasteiger partial charge in [-0.1, -0.05) is 37.5 Å². The van der Waals surface area contributed by atoms with Gasteiger partial charge in [-0.25, -0.2) is 9.78 Å². The van der Waals surface area contributed by atoms with E-state index in [1.54, 1.807) is 22.7 Å². The van der Waals surface area contributed by atoms with Gasteiger partial charge in [0, 0.05) is 44.0 Å². The molecule has 0 unspecified atom stereocenters. The van der Waals surface area contributed by atoms with Gasteiger partial charge in [-0.05, 0) is 19.3 Å². The predicted octanol–water partition coefficient (Wildman–Crippen LogP) is 3.95. The van der Waals surface area contributed by atoms with Gasteiger partial charge in [-0.15, -0.1) is 21.5 Å². The molecule has 4 rings (SSSR count). The number of nitrogens with zero attached hydrogens (tertiary/aromatic N) is 5. The van der Waals surface area contributed by atoms with Crippen LogP contribution in [0, 0.1) is 0 Å². The molecular formula is C19H28N6OS2. The average molecular weight is 421 g/mol. The lowest BCUT2D eigenvalue weighted by molar-refractivity contribution is 0.142. The Morgan fingerprint density at radius 3 is 2.68 bits per heavy atom. The number of aryl methyl sites for hydroxylation is 1. The minimum absolute atomic E-state index is 0.0621. The van der Waals surface area contributed by atoms with Crippen molar-refractivity contribution in [2.45, 2.75) is 57.9 Å². The molecule has 1 saturated carbocycles. The summed E-state index contributed by atoms with van der Waals surface area (Å²) in [5, 5.41) is 16.5. The van der Waals surface area contributed by atoms with Crippen LogP contribution >= 0.6 is 22.7 Å². The molecule has 1 aliphatic carbocycles. The predicted molar refractivity (Wildman–Crippen MR) is 113 cm³/mol. The van der Waals surface area contributed by atoms with Crippen LogP contribution in [0.25, 0.3) is 0 Å². The van der Waals surface area contributed by atoms with Crippen molar-refractivity contribution < 1.29 is 4.79 Å². The number of nitrogens with one attached hydrogen (secondary N) is 1. The maximum atomic E-state index is 12.6. The van der Waals surface area contributed by atoms with E-state index in [0.29, 0.717) is 11.0 Å². The molecule has 7 nitrogen and oxygen atoms in total. The zero-order chi connectivity index (χ0) is 19.3. The second-order valence-corrected chi connectivity index (χ2v) is 9.51. The Labute approximate surface area is 174 Å². The smallest absolute Gasteiger partial charge is 0.322 e. The van der Waals surface area contributed by atoms with Crippen LogP contribution in [0.15, 0.2) is 5.38 Å². The lowest BCUT2D eigenvalue weighted by Crippen LogP contribution is -2.49. The Morgan fingerprint density at radius 2 is 1.96 bits per heavy atom. The van der Waals surface area contributed by atoms with E-state index in [1.165, 1.54) is 37.1 Å². The number of hydrogen-bond donors (Lipinski definition) is 1. The minimum atomic E-state index is -0.0621. The highest BCUT2D eigenvalue weighted by atomic mass is 32.1. The van der Waals surface area contributed by atoms with E-state index in [2.05, 4.69) is 37.7 Å². The van der Waals surface area contributed by atoms with Gasteiger partial charge >= 0.3 is 6.03 Å². The van der Waals surface area contributed by atoms with E-state index in [4.69, 9.17) is 0 Å². The highest BCUT2D eigenvalue weighted by molar-refractivity contribution is 7.15. The Hall–Kier alpha value is -1.58. The molecule has 1 saturated heterocycles. The van der Waals surface area contributed by atoms with E-state index in [9.17, 15) is 4.79 Å². The Balaban J connectivity index is 1.24. The van der Waals surface area contributed by atoms with E-state index in [-0.39, 0.29) is 6.03 Å². The molecule has 0 aromatic carbocycles. The van der Waals surface area contributed by atoms with Crippen LogP contribution in [0.4, 0.5) is 9.93 Å². The number of amides is 2. The third-order valence-electron chi connectivity index (χ3n) is 5.56. The number of hydrogen-bond acceptors (Lipinski definition) is 7. The average Bonchev–Trinajstić information content (AvgIpc) is 3.39. The van der Waals surface area contributed by atoms with Crippen molar-refractivity contribution in [2.24, 2.45) is 0 Å². The molecule has 1 N–H and O–H groups in total. The van der Waals surface area contributed by atoms with Gasteiger partial charge < -0.3 is 4.90 Å². The highest BCUT2D eigenvalue weighted by Gasteiger charge is 2.24. The fourth-order valence-corrected chi connectivity index (χ4v) is 5.53. The lowest BCUT2D eigenvalue weighted by Gasteiger charge is -2.34. The quantitative estimate of drug-likeness (QED) is 0.793. The summed E-state index contributed by atoms with van der Waals surface area (Å²) in [5.74, 6) is 0.527. The van der Waals surface area contributed by atoms with Crippen molar-refractivity contribution in [3.05, 3.63) is 21.1 Å². The number of aromatic nitrogens is 3. The van der Waals surface area contributed by atoms with Crippen molar-refractivity contribution in [1.29, 1.82) is 0 Å². The first-order chi connectivity index (χ1) is 13.7. The first kappa shape index (κ1) is 19.7. The Bertz CT molecular complexity index is 777. The third kappa shape index (κ3) is 4.87. The van der Waals surface area contributed by atoms with Crippen LogP contribution in [0.2, 0.25) is 0 Å². The zero-order valence-corrected chi connectivity index (χ0v) is 18.0. The summed E-state index contributed by atoms with van der Waals surface area (Å²) < 4.78 is 0. The van der Waals surface area contributed by atoms with Gasteiger partial charge in [-0.3, -0.25) is 10.2 Å². The summed E-state index contributed by atoms with van der Waals surface area (Å²) in [4.78, 5) is 21.5. The zero-order valence-electron chi connectivity index (χ0n) is 16.4.